The van der Waals surface area contributed by atoms with Gasteiger partial charge in [0.1, 0.15) is 12.3 Å². The third-order valence-corrected chi connectivity index (χ3v) is 7.16. The van der Waals surface area contributed by atoms with Crippen LogP contribution in [0.1, 0.15) is 10.4 Å². The third kappa shape index (κ3) is 4.87. The lowest BCUT2D eigenvalue weighted by Gasteiger charge is -2.26. The van der Waals surface area contributed by atoms with Crippen LogP contribution in [0, 0.1) is 0 Å². The number of aromatic hydroxyl groups is 1. The van der Waals surface area contributed by atoms with Gasteiger partial charge in [-0.15, -0.1) is 0 Å². The summed E-state index contributed by atoms with van der Waals surface area (Å²) in [6.45, 7) is 1.63. The van der Waals surface area contributed by atoms with Gasteiger partial charge in [0.15, 0.2) is 17.3 Å². The zero-order valence-corrected chi connectivity index (χ0v) is 21.9. The third-order valence-electron chi connectivity index (χ3n) is 6.25. The summed E-state index contributed by atoms with van der Waals surface area (Å²) < 4.78 is 22.7. The number of amidine groups is 1. The van der Waals surface area contributed by atoms with E-state index >= 15 is 0 Å². The molecule has 1 amide bonds. The molecule has 1 fully saturated rings. The van der Waals surface area contributed by atoms with Crippen LogP contribution in [-0.2, 0) is 16.1 Å². The Balaban J connectivity index is 1.44. The first-order chi connectivity index (χ1) is 18.4. The second-order valence-corrected chi connectivity index (χ2v) is 9.48. The first-order valence-electron chi connectivity index (χ1n) is 11.8. The lowest BCUT2D eigenvalue weighted by Crippen LogP contribution is -2.43. The Hall–Kier alpha value is -4.16. The average Bonchev–Trinajstić information content (AvgIpc) is 3.48. The van der Waals surface area contributed by atoms with E-state index in [1.165, 1.54) is 0 Å². The Labute approximate surface area is 221 Å². The van der Waals surface area contributed by atoms with E-state index in [1.807, 2.05) is 18.2 Å². The predicted molar refractivity (Wildman–Crippen MR) is 141 cm³/mol. The van der Waals surface area contributed by atoms with E-state index in [-0.39, 0.29) is 18.3 Å². The molecule has 1 N–H and O–H groups in total. The van der Waals surface area contributed by atoms with Crippen molar-refractivity contribution in [1.29, 1.82) is 0 Å². The zero-order valence-electron chi connectivity index (χ0n) is 21.1. The molecule has 3 aromatic rings. The summed E-state index contributed by atoms with van der Waals surface area (Å²) >= 11 is 0.873. The topological polar surface area (TPSA) is 124 Å². The van der Waals surface area contributed by atoms with Crippen LogP contribution in [0.2, 0.25) is 0 Å². The Bertz CT molecular complexity index is 1600. The maximum absolute atomic E-state index is 12.6. The number of hydrogen-bond donors (Lipinski definition) is 1. The Morgan fingerprint density at radius 3 is 2.47 bits per heavy atom. The maximum atomic E-state index is 12.6. The Morgan fingerprint density at radius 1 is 1.05 bits per heavy atom. The van der Waals surface area contributed by atoms with Crippen molar-refractivity contribution in [3.63, 3.8) is 0 Å². The van der Waals surface area contributed by atoms with Gasteiger partial charge in [-0.3, -0.25) is 14.2 Å². The highest BCUT2D eigenvalue weighted by atomic mass is 32.1. The number of carbonyl (C=O) groups excluding carboxylic acids is 1. The minimum absolute atomic E-state index is 0.223. The van der Waals surface area contributed by atoms with Crippen LogP contribution >= 0.6 is 11.3 Å². The van der Waals surface area contributed by atoms with Gasteiger partial charge in [0.25, 0.3) is 0 Å². The molecule has 12 heteroatoms. The van der Waals surface area contributed by atoms with Crippen LogP contribution in [0.25, 0.3) is 6.08 Å². The van der Waals surface area contributed by atoms with Gasteiger partial charge in [0, 0.05) is 19.2 Å². The molecule has 1 saturated heterocycles. The minimum Gasteiger partial charge on any atom is -0.496 e. The SMILES string of the molecule is COc1cc(OC)c(C2=Nc3cc(=Cc4sc(=O)n(CC(=O)N5CCOCC5)c4O)ccc3=N2)cc1OC. The lowest BCUT2D eigenvalue weighted by atomic mass is 10.1. The molecule has 0 spiro atoms. The van der Waals surface area contributed by atoms with Crippen molar-refractivity contribution in [2.45, 2.75) is 6.54 Å². The van der Waals surface area contributed by atoms with Gasteiger partial charge in [-0.1, -0.05) is 17.4 Å². The van der Waals surface area contributed by atoms with Crippen LogP contribution in [-0.4, -0.2) is 73.9 Å². The highest BCUT2D eigenvalue weighted by Gasteiger charge is 2.22. The van der Waals surface area contributed by atoms with Crippen molar-refractivity contribution in [1.82, 2.24) is 9.47 Å². The fourth-order valence-corrected chi connectivity index (χ4v) is 5.08. The summed E-state index contributed by atoms with van der Waals surface area (Å²) in [5.74, 6) is 1.56. The van der Waals surface area contributed by atoms with Gasteiger partial charge in [-0.25, -0.2) is 9.98 Å². The van der Waals surface area contributed by atoms with Crippen LogP contribution in [0.3, 0.4) is 0 Å². The number of ether oxygens (including phenoxy) is 4. The standard InChI is InChI=1S/C26H26N4O7S/c1-34-19-13-21(36-3)20(35-2)12-16(19)24-27-17-5-4-15(10-18(17)28-24)11-22-25(32)30(26(33)38-22)14-23(31)29-6-8-37-9-7-29/h4-5,10-13,32H,6-9,14H2,1-3H3. The van der Waals surface area contributed by atoms with Gasteiger partial charge < -0.3 is 29.0 Å². The molecule has 2 aromatic carbocycles. The molecule has 2 aliphatic heterocycles. The summed E-state index contributed by atoms with van der Waals surface area (Å²) in [7, 11) is 4.65. The van der Waals surface area contributed by atoms with Crippen molar-refractivity contribution in [2.75, 3.05) is 47.6 Å². The molecule has 0 saturated carbocycles. The predicted octanol–water partition coefficient (Wildman–Crippen LogP) is 1.04. The molecular weight excluding hydrogens is 512 g/mol. The normalized spacial score (nSPS) is 15.1. The molecule has 2 aliphatic rings. The van der Waals surface area contributed by atoms with Gasteiger partial charge in [-0.05, 0) is 29.5 Å². The van der Waals surface area contributed by atoms with Crippen molar-refractivity contribution in [3.8, 4) is 23.1 Å². The highest BCUT2D eigenvalue weighted by molar-refractivity contribution is 7.10. The maximum Gasteiger partial charge on any atom is 0.311 e. The fourth-order valence-electron chi connectivity index (χ4n) is 4.24. The van der Waals surface area contributed by atoms with Crippen LogP contribution < -0.4 is 29.7 Å². The van der Waals surface area contributed by atoms with E-state index in [2.05, 4.69) is 9.98 Å². The molecular formula is C26H26N4O7S. The van der Waals surface area contributed by atoms with E-state index in [0.29, 0.717) is 76.1 Å². The highest BCUT2D eigenvalue weighted by Crippen LogP contribution is 2.36. The van der Waals surface area contributed by atoms with Crippen LogP contribution in [0.5, 0.6) is 23.1 Å². The van der Waals surface area contributed by atoms with E-state index < -0.39 is 4.87 Å². The second kappa shape index (κ2) is 10.7. The van der Waals surface area contributed by atoms with Crippen LogP contribution in [0.15, 0.2) is 45.1 Å². The summed E-state index contributed by atoms with van der Waals surface area (Å²) in [4.78, 5) is 36.0. The molecule has 3 heterocycles. The number of nitrogens with zero attached hydrogens (tertiary/aromatic N) is 4. The molecule has 11 nitrogen and oxygen atoms in total. The number of carbonyl (C=O) groups is 1. The summed E-state index contributed by atoms with van der Waals surface area (Å²) in [6, 6.07) is 8.91. The Morgan fingerprint density at radius 2 is 1.76 bits per heavy atom. The molecule has 0 radical (unpaired) electrons. The number of benzene rings is 2. The number of amides is 1. The first kappa shape index (κ1) is 25.5. The number of thiazole rings is 1. The first-order valence-corrected chi connectivity index (χ1v) is 12.6. The monoisotopic (exact) mass is 538 g/mol. The van der Waals surface area contributed by atoms with Crippen molar-refractivity contribution >= 4 is 34.8 Å². The largest absolute Gasteiger partial charge is 0.496 e. The molecule has 1 aromatic heterocycles. The number of aliphatic imine (C=N–C) groups is 1. The minimum atomic E-state index is -0.410. The molecule has 38 heavy (non-hydrogen) atoms. The van der Waals surface area contributed by atoms with E-state index in [4.69, 9.17) is 18.9 Å². The number of methoxy groups -OCH3 is 3. The van der Waals surface area contributed by atoms with Crippen molar-refractivity contribution < 1.29 is 28.8 Å². The Kier molecular flexibility index (Phi) is 7.16. The molecule has 0 aliphatic carbocycles. The molecule has 198 valence electrons. The van der Waals surface area contributed by atoms with Gasteiger partial charge >= 0.3 is 4.87 Å². The van der Waals surface area contributed by atoms with E-state index in [9.17, 15) is 14.7 Å². The smallest absolute Gasteiger partial charge is 0.311 e. The van der Waals surface area contributed by atoms with Crippen molar-refractivity contribution in [2.24, 2.45) is 9.98 Å². The summed E-state index contributed by atoms with van der Waals surface area (Å²) in [5.41, 5.74) is 1.27. The molecule has 0 unspecified atom stereocenters. The summed E-state index contributed by atoms with van der Waals surface area (Å²) in [6.07, 6.45) is 1.68. The molecule has 0 bridgehead atoms. The fraction of sp³-hybridized carbons (Fsp3) is 0.308. The van der Waals surface area contributed by atoms with Crippen LogP contribution in [0.4, 0.5) is 5.69 Å². The molecule has 0 atom stereocenters. The van der Waals surface area contributed by atoms with Gasteiger partial charge in [0.2, 0.25) is 11.8 Å². The zero-order chi connectivity index (χ0) is 26.8. The van der Waals surface area contributed by atoms with E-state index in [1.54, 1.807) is 44.4 Å². The number of morpholine rings is 1. The number of fused-ring (bicyclic) bond motifs is 1. The van der Waals surface area contributed by atoms with Crippen molar-refractivity contribution in [3.05, 3.63) is 61.0 Å². The number of rotatable bonds is 7. The second-order valence-electron chi connectivity index (χ2n) is 8.48. The van der Waals surface area contributed by atoms with Gasteiger partial charge in [-0.2, -0.15) is 0 Å². The quantitative estimate of drug-likeness (QED) is 0.477. The summed E-state index contributed by atoms with van der Waals surface area (Å²) in [5, 5.41) is 12.1. The van der Waals surface area contributed by atoms with E-state index in [0.717, 1.165) is 15.9 Å². The number of hydrogen-bond acceptors (Lipinski definition) is 10. The number of aromatic nitrogens is 1. The van der Waals surface area contributed by atoms with Gasteiger partial charge in [0.05, 0.1) is 56.0 Å². The lowest BCUT2D eigenvalue weighted by molar-refractivity contribution is -0.136. The molecule has 5 rings (SSSR count). The average molecular weight is 539 g/mol.